The summed E-state index contributed by atoms with van der Waals surface area (Å²) in [5.74, 6) is 2.36. The number of carbonyl (C=O) groups excluding carboxylic acids is 2. The van der Waals surface area contributed by atoms with Crippen molar-refractivity contribution in [1.82, 2.24) is 5.32 Å². The lowest BCUT2D eigenvalue weighted by Crippen LogP contribution is -2.44. The molecular weight excluding hydrogens is 441 g/mol. The van der Waals surface area contributed by atoms with E-state index in [9.17, 15) is 19.1 Å². The van der Waals surface area contributed by atoms with Gasteiger partial charge in [0.25, 0.3) is 0 Å². The molecule has 0 aromatic heterocycles. The molecule has 2 aromatic rings. The second kappa shape index (κ2) is 9.75. The summed E-state index contributed by atoms with van der Waals surface area (Å²) in [6.45, 7) is 2.85. The van der Waals surface area contributed by atoms with Crippen molar-refractivity contribution >= 4 is 11.7 Å². The van der Waals surface area contributed by atoms with Crippen LogP contribution in [0.25, 0.3) is 0 Å². The average Bonchev–Trinajstić information content (AvgIpc) is 3.09. The minimum Gasteiger partial charge on any atom is -0.508 e. The van der Waals surface area contributed by atoms with Gasteiger partial charge in [0.15, 0.2) is 0 Å². The molecule has 35 heavy (non-hydrogen) atoms. The van der Waals surface area contributed by atoms with Gasteiger partial charge in [0, 0.05) is 18.4 Å². The fourth-order valence-electron chi connectivity index (χ4n) is 7.50. The standard InChI is InChI=1S/C30H36FNO3/c1-30-14-13-25-24-12-10-23(33)17-20(24)7-11-26(25)29(30)21(18-27(30)34)4-2-3-15-32-28(35)16-19-5-8-22(31)9-6-19/h5-6,8-10,12,17,21,25-26,29,33H,2-4,7,11,13-16,18H2,1H3,(H,32,35)/t21-,25+,26+,29-,30+/m0/s1. The van der Waals surface area contributed by atoms with Gasteiger partial charge < -0.3 is 10.4 Å². The lowest BCUT2D eigenvalue weighted by atomic mass is 9.54. The van der Waals surface area contributed by atoms with Crippen LogP contribution in [0.15, 0.2) is 42.5 Å². The fourth-order valence-corrected chi connectivity index (χ4v) is 7.50. The summed E-state index contributed by atoms with van der Waals surface area (Å²) in [6, 6.07) is 11.9. The van der Waals surface area contributed by atoms with Gasteiger partial charge in [-0.2, -0.15) is 0 Å². The van der Waals surface area contributed by atoms with E-state index in [2.05, 4.69) is 18.3 Å². The third kappa shape index (κ3) is 4.74. The van der Waals surface area contributed by atoms with Crippen LogP contribution < -0.4 is 5.32 Å². The van der Waals surface area contributed by atoms with E-state index >= 15 is 0 Å². The maximum Gasteiger partial charge on any atom is 0.224 e. The lowest BCUT2D eigenvalue weighted by Gasteiger charge is -2.50. The Kier molecular flexibility index (Phi) is 6.69. The van der Waals surface area contributed by atoms with Crippen LogP contribution in [0.2, 0.25) is 0 Å². The fraction of sp³-hybridized carbons (Fsp3) is 0.533. The smallest absolute Gasteiger partial charge is 0.224 e. The molecular formula is C30H36FNO3. The Hall–Kier alpha value is -2.69. The SMILES string of the molecule is C[C@]12CC[C@@H]3c4ccc(O)cc4CC[C@H]3[C@@H]1[C@@H](CCCCNC(=O)Cc1ccc(F)cc1)CC2=O. The van der Waals surface area contributed by atoms with Gasteiger partial charge in [0.2, 0.25) is 5.91 Å². The number of unbranched alkanes of at least 4 members (excludes halogenated alkanes) is 1. The zero-order valence-electron chi connectivity index (χ0n) is 20.6. The summed E-state index contributed by atoms with van der Waals surface area (Å²) >= 11 is 0. The summed E-state index contributed by atoms with van der Waals surface area (Å²) in [4.78, 5) is 25.4. The molecule has 2 aromatic carbocycles. The molecule has 186 valence electrons. The number of nitrogens with one attached hydrogen (secondary N) is 1. The Bertz CT molecular complexity index is 1100. The number of aromatic hydroxyl groups is 1. The number of ketones is 1. The van der Waals surface area contributed by atoms with Crippen molar-refractivity contribution in [2.45, 2.75) is 70.6 Å². The summed E-state index contributed by atoms with van der Waals surface area (Å²) < 4.78 is 13.0. The molecule has 5 rings (SSSR count). The molecule has 2 N–H and O–H groups in total. The van der Waals surface area contributed by atoms with E-state index in [1.165, 1.54) is 23.3 Å². The maximum absolute atomic E-state index is 13.2. The number of fused-ring (bicyclic) bond motifs is 5. The van der Waals surface area contributed by atoms with Gasteiger partial charge in [0.1, 0.15) is 17.3 Å². The topological polar surface area (TPSA) is 66.4 Å². The van der Waals surface area contributed by atoms with E-state index in [1.807, 2.05) is 12.1 Å². The van der Waals surface area contributed by atoms with E-state index in [1.54, 1.807) is 12.1 Å². The lowest BCUT2D eigenvalue weighted by molar-refractivity contribution is -0.129. The molecule has 2 saturated carbocycles. The van der Waals surface area contributed by atoms with Gasteiger partial charge in [-0.25, -0.2) is 4.39 Å². The van der Waals surface area contributed by atoms with E-state index in [4.69, 9.17) is 0 Å². The number of rotatable bonds is 7. The number of halogens is 1. The molecule has 5 heteroatoms. The summed E-state index contributed by atoms with van der Waals surface area (Å²) in [5, 5.41) is 12.9. The van der Waals surface area contributed by atoms with Crippen LogP contribution in [0.1, 0.15) is 74.5 Å². The zero-order chi connectivity index (χ0) is 24.6. The largest absolute Gasteiger partial charge is 0.508 e. The van der Waals surface area contributed by atoms with Crippen molar-refractivity contribution in [3.63, 3.8) is 0 Å². The van der Waals surface area contributed by atoms with Crippen LogP contribution in [-0.2, 0) is 22.4 Å². The number of hydrogen-bond acceptors (Lipinski definition) is 3. The number of Topliss-reactive ketones (excluding diaryl/α,β-unsaturated/α-hetero) is 1. The minimum atomic E-state index is -0.295. The van der Waals surface area contributed by atoms with Gasteiger partial charge in [-0.1, -0.05) is 31.5 Å². The Labute approximate surface area is 207 Å². The molecule has 0 aliphatic heterocycles. The monoisotopic (exact) mass is 477 g/mol. The summed E-state index contributed by atoms with van der Waals surface area (Å²) in [5.41, 5.74) is 3.29. The summed E-state index contributed by atoms with van der Waals surface area (Å²) in [7, 11) is 0. The second-order valence-corrected chi connectivity index (χ2v) is 11.2. The highest BCUT2D eigenvalue weighted by Crippen LogP contribution is 2.62. The van der Waals surface area contributed by atoms with Gasteiger partial charge in [0.05, 0.1) is 6.42 Å². The number of phenols is 1. The van der Waals surface area contributed by atoms with E-state index < -0.39 is 0 Å². The van der Waals surface area contributed by atoms with Crippen LogP contribution in [0.3, 0.4) is 0 Å². The van der Waals surface area contributed by atoms with Crippen molar-refractivity contribution in [2.24, 2.45) is 23.2 Å². The molecule has 0 spiro atoms. The number of benzene rings is 2. The Morgan fingerprint density at radius 1 is 1.14 bits per heavy atom. The van der Waals surface area contributed by atoms with Gasteiger partial charge in [-0.3, -0.25) is 9.59 Å². The summed E-state index contributed by atoms with van der Waals surface area (Å²) in [6.07, 6.45) is 8.02. The minimum absolute atomic E-state index is 0.0396. The number of amides is 1. The molecule has 3 aliphatic carbocycles. The molecule has 3 aliphatic rings. The maximum atomic E-state index is 13.2. The highest BCUT2D eigenvalue weighted by Gasteiger charge is 2.58. The highest BCUT2D eigenvalue weighted by molar-refractivity contribution is 5.87. The second-order valence-electron chi connectivity index (χ2n) is 11.2. The normalized spacial score (nSPS) is 29.3. The third-order valence-corrected chi connectivity index (χ3v) is 9.16. The third-order valence-electron chi connectivity index (χ3n) is 9.16. The number of carbonyl (C=O) groups is 2. The predicted molar refractivity (Wildman–Crippen MR) is 134 cm³/mol. The van der Waals surface area contributed by atoms with Gasteiger partial charge in [-0.15, -0.1) is 0 Å². The quantitative estimate of drug-likeness (QED) is 0.502. The molecule has 0 unspecified atom stereocenters. The molecule has 1 amide bonds. The Balaban J connectivity index is 1.16. The van der Waals surface area contributed by atoms with Crippen molar-refractivity contribution < 1.29 is 19.1 Å². The predicted octanol–water partition coefficient (Wildman–Crippen LogP) is 5.71. The Morgan fingerprint density at radius 2 is 1.94 bits per heavy atom. The van der Waals surface area contributed by atoms with E-state index in [-0.39, 0.29) is 23.6 Å². The van der Waals surface area contributed by atoms with E-state index in [0.29, 0.717) is 48.2 Å². The number of hydrogen-bond donors (Lipinski definition) is 2. The molecule has 4 nitrogen and oxygen atoms in total. The first-order valence-corrected chi connectivity index (χ1v) is 13.2. The number of aryl methyl sites for hydroxylation is 1. The molecule has 0 heterocycles. The molecule has 0 saturated heterocycles. The Morgan fingerprint density at radius 3 is 2.74 bits per heavy atom. The van der Waals surface area contributed by atoms with E-state index in [0.717, 1.165) is 50.5 Å². The first-order chi connectivity index (χ1) is 16.8. The molecule has 0 bridgehead atoms. The van der Waals surface area contributed by atoms with Crippen LogP contribution >= 0.6 is 0 Å². The first kappa shape index (κ1) is 24.0. The van der Waals surface area contributed by atoms with Crippen molar-refractivity contribution in [1.29, 1.82) is 0 Å². The zero-order valence-corrected chi connectivity index (χ0v) is 20.6. The van der Waals surface area contributed by atoms with Crippen LogP contribution in [0.5, 0.6) is 5.75 Å². The first-order valence-electron chi connectivity index (χ1n) is 13.2. The van der Waals surface area contributed by atoms with Crippen molar-refractivity contribution in [2.75, 3.05) is 6.54 Å². The average molecular weight is 478 g/mol. The van der Waals surface area contributed by atoms with Gasteiger partial charge >= 0.3 is 0 Å². The van der Waals surface area contributed by atoms with Crippen molar-refractivity contribution in [3.05, 3.63) is 65.0 Å². The number of phenolic OH excluding ortho intramolecular Hbond substituents is 1. The van der Waals surface area contributed by atoms with Crippen molar-refractivity contribution in [3.8, 4) is 5.75 Å². The molecule has 5 atom stereocenters. The molecule has 0 radical (unpaired) electrons. The van der Waals surface area contributed by atoms with Crippen LogP contribution in [0, 0.1) is 29.0 Å². The van der Waals surface area contributed by atoms with Gasteiger partial charge in [-0.05, 0) is 103 Å². The van der Waals surface area contributed by atoms with Crippen LogP contribution in [0.4, 0.5) is 4.39 Å². The van der Waals surface area contributed by atoms with Crippen LogP contribution in [-0.4, -0.2) is 23.3 Å². The molecule has 2 fully saturated rings. The highest BCUT2D eigenvalue weighted by atomic mass is 19.1.